The zero-order chi connectivity index (χ0) is 14.4. The molecule has 0 fully saturated rings. The van der Waals surface area contributed by atoms with E-state index in [1.807, 2.05) is 6.07 Å². The van der Waals surface area contributed by atoms with E-state index < -0.39 is 0 Å². The third-order valence-electron chi connectivity index (χ3n) is 3.29. The topological polar surface area (TPSA) is 41.3 Å². The summed E-state index contributed by atoms with van der Waals surface area (Å²) in [5.74, 6) is 0.911. The zero-order valence-corrected chi connectivity index (χ0v) is 12.5. The van der Waals surface area contributed by atoms with Crippen LogP contribution in [0.2, 0.25) is 0 Å². The molecule has 0 saturated heterocycles. The molecule has 0 amide bonds. The number of benzene rings is 1. The molecule has 0 unspecified atom stereocenters. The van der Waals surface area contributed by atoms with Gasteiger partial charge in [-0.1, -0.05) is 36.3 Å². The Morgan fingerprint density at radius 2 is 2.05 bits per heavy atom. The Kier molecular flexibility index (Phi) is 5.32. The van der Waals surface area contributed by atoms with E-state index in [4.69, 9.17) is 4.52 Å². The van der Waals surface area contributed by atoms with Crippen LogP contribution in [0.15, 0.2) is 34.9 Å². The van der Waals surface area contributed by atoms with E-state index in [0.717, 1.165) is 37.6 Å². The molecular formula is C16H23N3O. The molecule has 2 rings (SSSR count). The highest BCUT2D eigenvalue weighted by Crippen LogP contribution is 2.12. The lowest BCUT2D eigenvalue weighted by Gasteiger charge is -2.16. The molecule has 4 nitrogen and oxygen atoms in total. The molecule has 2 aromatic rings. The third-order valence-corrected chi connectivity index (χ3v) is 3.29. The summed E-state index contributed by atoms with van der Waals surface area (Å²) in [7, 11) is 2.10. The molecule has 0 radical (unpaired) electrons. The van der Waals surface area contributed by atoms with Crippen molar-refractivity contribution in [2.75, 3.05) is 13.6 Å². The predicted molar refractivity (Wildman–Crippen MR) is 80.2 cm³/mol. The average molecular weight is 273 g/mol. The lowest BCUT2D eigenvalue weighted by molar-refractivity contribution is 0.265. The highest BCUT2D eigenvalue weighted by Gasteiger charge is 2.08. The van der Waals surface area contributed by atoms with Crippen LogP contribution in [0.5, 0.6) is 0 Å². The Labute approximate surface area is 120 Å². The smallest absolute Gasteiger partial charge is 0.151 e. The van der Waals surface area contributed by atoms with Crippen molar-refractivity contribution in [1.82, 2.24) is 15.4 Å². The first-order valence-electron chi connectivity index (χ1n) is 7.07. The maximum Gasteiger partial charge on any atom is 0.151 e. The molecule has 1 aromatic carbocycles. The van der Waals surface area contributed by atoms with Gasteiger partial charge in [0, 0.05) is 19.2 Å². The summed E-state index contributed by atoms with van der Waals surface area (Å²) in [5.41, 5.74) is 3.64. The summed E-state index contributed by atoms with van der Waals surface area (Å²) in [6.07, 6.45) is 0. The van der Waals surface area contributed by atoms with Crippen LogP contribution in [0.4, 0.5) is 0 Å². The Bertz CT molecular complexity index is 536. The molecule has 0 aliphatic carbocycles. The first-order valence-corrected chi connectivity index (χ1v) is 7.07. The molecule has 1 N–H and O–H groups in total. The second kappa shape index (κ2) is 7.22. The molecule has 0 atom stereocenters. The second-order valence-electron chi connectivity index (χ2n) is 5.16. The first-order chi connectivity index (χ1) is 9.69. The summed E-state index contributed by atoms with van der Waals surface area (Å²) in [5, 5.41) is 7.31. The van der Waals surface area contributed by atoms with Crippen molar-refractivity contribution in [1.29, 1.82) is 0 Å². The number of hydrogen-bond donors (Lipinski definition) is 1. The van der Waals surface area contributed by atoms with Crippen LogP contribution in [-0.4, -0.2) is 23.6 Å². The lowest BCUT2D eigenvalue weighted by atomic mass is 10.1. The molecular weight excluding hydrogens is 250 g/mol. The third kappa shape index (κ3) is 4.18. The maximum absolute atomic E-state index is 5.37. The summed E-state index contributed by atoms with van der Waals surface area (Å²) in [6.45, 7) is 7.61. The van der Waals surface area contributed by atoms with Crippen molar-refractivity contribution < 1.29 is 4.52 Å². The van der Waals surface area contributed by atoms with Gasteiger partial charge in [0.15, 0.2) is 5.76 Å². The SMILES string of the molecule is CCNCc1cc(CN(C)Cc2ccccc2C)on1. The van der Waals surface area contributed by atoms with E-state index >= 15 is 0 Å². The van der Waals surface area contributed by atoms with Gasteiger partial charge in [-0.15, -0.1) is 0 Å². The van der Waals surface area contributed by atoms with Crippen molar-refractivity contribution in [3.8, 4) is 0 Å². The molecule has 4 heteroatoms. The fourth-order valence-electron chi connectivity index (χ4n) is 2.17. The van der Waals surface area contributed by atoms with Crippen molar-refractivity contribution >= 4 is 0 Å². The van der Waals surface area contributed by atoms with E-state index in [0.29, 0.717) is 0 Å². The van der Waals surface area contributed by atoms with Crippen molar-refractivity contribution in [2.24, 2.45) is 0 Å². The molecule has 0 saturated carbocycles. The number of rotatable bonds is 7. The Balaban J connectivity index is 1.89. The predicted octanol–water partition coefficient (Wildman–Crippen LogP) is 2.72. The molecule has 0 spiro atoms. The van der Waals surface area contributed by atoms with E-state index in [2.05, 4.69) is 60.5 Å². The summed E-state index contributed by atoms with van der Waals surface area (Å²) >= 11 is 0. The number of aryl methyl sites for hydroxylation is 1. The van der Waals surface area contributed by atoms with Crippen LogP contribution in [0.1, 0.15) is 29.5 Å². The molecule has 0 aliphatic heterocycles. The summed E-state index contributed by atoms with van der Waals surface area (Å²) < 4.78 is 5.37. The lowest BCUT2D eigenvalue weighted by Crippen LogP contribution is -2.17. The minimum atomic E-state index is 0.765. The van der Waals surface area contributed by atoms with Gasteiger partial charge in [-0.25, -0.2) is 0 Å². The molecule has 1 aromatic heterocycles. The van der Waals surface area contributed by atoms with Gasteiger partial charge in [-0.3, -0.25) is 4.90 Å². The van der Waals surface area contributed by atoms with Crippen LogP contribution < -0.4 is 5.32 Å². The minimum Gasteiger partial charge on any atom is -0.360 e. The Morgan fingerprint density at radius 3 is 2.80 bits per heavy atom. The van der Waals surface area contributed by atoms with Crippen LogP contribution in [0.3, 0.4) is 0 Å². The van der Waals surface area contributed by atoms with Gasteiger partial charge in [0.25, 0.3) is 0 Å². The monoisotopic (exact) mass is 273 g/mol. The minimum absolute atomic E-state index is 0.765. The molecule has 1 heterocycles. The van der Waals surface area contributed by atoms with Gasteiger partial charge in [-0.05, 0) is 31.6 Å². The first kappa shape index (κ1) is 14.8. The molecule has 20 heavy (non-hydrogen) atoms. The van der Waals surface area contributed by atoms with E-state index in [1.165, 1.54) is 11.1 Å². The summed E-state index contributed by atoms with van der Waals surface area (Å²) in [6, 6.07) is 10.5. The maximum atomic E-state index is 5.37. The molecule has 108 valence electrons. The number of hydrogen-bond acceptors (Lipinski definition) is 4. The van der Waals surface area contributed by atoms with Crippen LogP contribution in [0, 0.1) is 6.92 Å². The number of aromatic nitrogens is 1. The van der Waals surface area contributed by atoms with Gasteiger partial charge in [-0.2, -0.15) is 0 Å². The second-order valence-corrected chi connectivity index (χ2v) is 5.16. The van der Waals surface area contributed by atoms with E-state index in [-0.39, 0.29) is 0 Å². The normalized spacial score (nSPS) is 11.2. The molecule has 0 bridgehead atoms. The molecule has 0 aliphatic rings. The van der Waals surface area contributed by atoms with E-state index in [1.54, 1.807) is 0 Å². The van der Waals surface area contributed by atoms with Crippen molar-refractivity contribution in [3.05, 3.63) is 52.9 Å². The fraction of sp³-hybridized carbons (Fsp3) is 0.438. The number of nitrogens with zero attached hydrogens (tertiary/aromatic N) is 2. The van der Waals surface area contributed by atoms with Crippen molar-refractivity contribution in [3.63, 3.8) is 0 Å². The van der Waals surface area contributed by atoms with Gasteiger partial charge >= 0.3 is 0 Å². The van der Waals surface area contributed by atoms with Crippen LogP contribution in [0.25, 0.3) is 0 Å². The number of nitrogens with one attached hydrogen (secondary N) is 1. The highest BCUT2D eigenvalue weighted by molar-refractivity contribution is 5.25. The zero-order valence-electron chi connectivity index (χ0n) is 12.5. The van der Waals surface area contributed by atoms with Gasteiger partial charge in [0.1, 0.15) is 0 Å². The standard InChI is InChI=1S/C16H23N3O/c1-4-17-10-15-9-16(20-18-15)12-19(3)11-14-8-6-5-7-13(14)2/h5-9,17H,4,10-12H2,1-3H3. The van der Waals surface area contributed by atoms with Gasteiger partial charge < -0.3 is 9.84 Å². The van der Waals surface area contributed by atoms with Crippen LogP contribution in [-0.2, 0) is 19.6 Å². The Morgan fingerprint density at radius 1 is 1.25 bits per heavy atom. The average Bonchev–Trinajstić information content (AvgIpc) is 2.86. The largest absolute Gasteiger partial charge is 0.360 e. The van der Waals surface area contributed by atoms with Gasteiger partial charge in [0.2, 0.25) is 0 Å². The highest BCUT2D eigenvalue weighted by atomic mass is 16.5. The fourth-order valence-corrected chi connectivity index (χ4v) is 2.17. The van der Waals surface area contributed by atoms with Gasteiger partial charge in [0.05, 0.1) is 12.2 Å². The Hall–Kier alpha value is -1.65. The van der Waals surface area contributed by atoms with E-state index in [9.17, 15) is 0 Å². The quantitative estimate of drug-likeness (QED) is 0.842. The summed E-state index contributed by atoms with van der Waals surface area (Å²) in [4.78, 5) is 2.24. The van der Waals surface area contributed by atoms with Crippen molar-refractivity contribution in [2.45, 2.75) is 33.5 Å². The van der Waals surface area contributed by atoms with Crippen LogP contribution >= 0.6 is 0 Å².